The summed E-state index contributed by atoms with van der Waals surface area (Å²) in [7, 11) is 0. The molecule has 3 amide bonds. The number of rotatable bonds is 2. The number of amides is 3. The van der Waals surface area contributed by atoms with E-state index in [4.69, 9.17) is 4.42 Å². The van der Waals surface area contributed by atoms with Crippen LogP contribution in [0.4, 0.5) is 0 Å². The number of imide groups is 1. The Balaban J connectivity index is 1.59. The van der Waals surface area contributed by atoms with Gasteiger partial charge in [0.1, 0.15) is 5.76 Å². The number of carbonyl (C=O) groups excluding carboxylic acids is 3. The van der Waals surface area contributed by atoms with Gasteiger partial charge >= 0.3 is 0 Å². The Labute approximate surface area is 127 Å². The Hall–Kier alpha value is -2.37. The van der Waals surface area contributed by atoms with Crippen LogP contribution in [0.15, 0.2) is 28.9 Å². The summed E-state index contributed by atoms with van der Waals surface area (Å²) in [6.45, 7) is 1.66. The standard InChI is InChI=1S/C16H16N2O4/c1-8-11(6-7-22-8)14(19)17-18-15(20)12-9-2-3-10(5-4-9)13(12)16(18)21/h2-3,6-7,9-10,12-13H,4-5H2,1H3,(H,17,19)/t9-,10-,12-,13-/m0/s1. The van der Waals surface area contributed by atoms with E-state index in [0.717, 1.165) is 17.9 Å². The molecule has 0 spiro atoms. The maximum atomic E-state index is 12.6. The van der Waals surface area contributed by atoms with Crippen LogP contribution in [0.25, 0.3) is 0 Å². The van der Waals surface area contributed by atoms with Gasteiger partial charge in [-0.15, -0.1) is 0 Å². The number of hydrazine groups is 1. The highest BCUT2D eigenvalue weighted by Crippen LogP contribution is 2.49. The number of furan rings is 1. The normalized spacial score (nSPS) is 32.5. The topological polar surface area (TPSA) is 79.6 Å². The predicted molar refractivity (Wildman–Crippen MR) is 75.1 cm³/mol. The number of hydrogen-bond acceptors (Lipinski definition) is 4. The van der Waals surface area contributed by atoms with Crippen molar-refractivity contribution < 1.29 is 18.8 Å². The molecular formula is C16H16N2O4. The molecule has 1 aliphatic heterocycles. The highest BCUT2D eigenvalue weighted by molar-refractivity contribution is 6.08. The molecule has 1 aromatic rings. The Morgan fingerprint density at radius 2 is 1.77 bits per heavy atom. The molecular weight excluding hydrogens is 284 g/mol. The zero-order chi connectivity index (χ0) is 15.4. The molecule has 1 N–H and O–H groups in total. The fourth-order valence-corrected chi connectivity index (χ4v) is 3.97. The van der Waals surface area contributed by atoms with Crippen molar-refractivity contribution in [1.82, 2.24) is 10.4 Å². The number of aryl methyl sites for hydroxylation is 1. The van der Waals surface area contributed by atoms with E-state index in [1.165, 1.54) is 12.3 Å². The first-order valence-corrected chi connectivity index (χ1v) is 7.49. The van der Waals surface area contributed by atoms with Crippen LogP contribution in [0.1, 0.15) is 29.0 Å². The summed E-state index contributed by atoms with van der Waals surface area (Å²) in [5.74, 6) is -1.02. The number of nitrogens with zero attached hydrogens (tertiary/aromatic N) is 1. The Morgan fingerprint density at radius 3 is 2.23 bits per heavy atom. The summed E-state index contributed by atoms with van der Waals surface area (Å²) in [4.78, 5) is 37.4. The first kappa shape index (κ1) is 13.3. The smallest absolute Gasteiger partial charge is 0.273 e. The minimum atomic E-state index is -0.494. The molecule has 22 heavy (non-hydrogen) atoms. The van der Waals surface area contributed by atoms with Crippen LogP contribution in [0.5, 0.6) is 0 Å². The van der Waals surface area contributed by atoms with Gasteiger partial charge < -0.3 is 4.42 Å². The SMILES string of the molecule is Cc1occc1C(=O)NN1C(=O)[C@@H]2[C@@H](C1=O)[C@H]1C=C[C@H]2CC1. The van der Waals surface area contributed by atoms with Gasteiger partial charge in [-0.2, -0.15) is 5.01 Å². The Morgan fingerprint density at radius 1 is 1.18 bits per heavy atom. The van der Waals surface area contributed by atoms with Crippen molar-refractivity contribution in [2.45, 2.75) is 19.8 Å². The van der Waals surface area contributed by atoms with E-state index < -0.39 is 5.91 Å². The fraction of sp³-hybridized carbons (Fsp3) is 0.438. The van der Waals surface area contributed by atoms with Crippen molar-refractivity contribution >= 4 is 17.7 Å². The lowest BCUT2D eigenvalue weighted by Gasteiger charge is -2.37. The van der Waals surface area contributed by atoms with Crippen molar-refractivity contribution in [2.75, 3.05) is 0 Å². The van der Waals surface area contributed by atoms with Gasteiger partial charge in [0, 0.05) is 0 Å². The van der Waals surface area contributed by atoms with Crippen LogP contribution in [0, 0.1) is 30.6 Å². The first-order chi connectivity index (χ1) is 10.6. The lowest BCUT2D eigenvalue weighted by atomic mass is 9.63. The maximum absolute atomic E-state index is 12.6. The molecule has 6 nitrogen and oxygen atoms in total. The highest BCUT2D eigenvalue weighted by Gasteiger charge is 2.57. The molecule has 6 heteroatoms. The van der Waals surface area contributed by atoms with Crippen molar-refractivity contribution in [3.63, 3.8) is 0 Å². The van der Waals surface area contributed by atoms with Gasteiger partial charge in [0.05, 0.1) is 23.7 Å². The summed E-state index contributed by atoms with van der Waals surface area (Å²) >= 11 is 0. The van der Waals surface area contributed by atoms with Crippen molar-refractivity contribution in [3.8, 4) is 0 Å². The lowest BCUT2D eigenvalue weighted by molar-refractivity contribution is -0.143. The van der Waals surface area contributed by atoms with Gasteiger partial charge in [0.15, 0.2) is 0 Å². The van der Waals surface area contributed by atoms with E-state index >= 15 is 0 Å². The largest absolute Gasteiger partial charge is 0.469 e. The molecule has 114 valence electrons. The summed E-state index contributed by atoms with van der Waals surface area (Å²) in [5.41, 5.74) is 2.78. The fourth-order valence-electron chi connectivity index (χ4n) is 3.97. The van der Waals surface area contributed by atoms with Crippen molar-refractivity contribution in [3.05, 3.63) is 35.8 Å². The van der Waals surface area contributed by atoms with Crippen LogP contribution >= 0.6 is 0 Å². The first-order valence-electron chi connectivity index (χ1n) is 7.49. The van der Waals surface area contributed by atoms with Crippen LogP contribution in [0.2, 0.25) is 0 Å². The number of allylic oxidation sites excluding steroid dienone is 2. The van der Waals surface area contributed by atoms with E-state index in [1.54, 1.807) is 6.92 Å². The van der Waals surface area contributed by atoms with Crippen molar-refractivity contribution in [1.29, 1.82) is 0 Å². The molecule has 0 radical (unpaired) electrons. The van der Waals surface area contributed by atoms with E-state index in [9.17, 15) is 14.4 Å². The van der Waals surface area contributed by atoms with Gasteiger partial charge in [0.2, 0.25) is 0 Å². The number of hydrogen-bond donors (Lipinski definition) is 1. The molecule has 2 fully saturated rings. The number of carbonyl (C=O) groups is 3. The number of fused-ring (bicyclic) bond motifs is 1. The summed E-state index contributed by atoms with van der Waals surface area (Å²) in [6, 6.07) is 1.52. The zero-order valence-electron chi connectivity index (χ0n) is 12.1. The number of nitrogens with one attached hydrogen (secondary N) is 1. The Bertz CT molecular complexity index is 673. The third-order valence-electron chi connectivity index (χ3n) is 5.08. The molecule has 3 aliphatic carbocycles. The molecule has 0 unspecified atom stereocenters. The van der Waals surface area contributed by atoms with Gasteiger partial charge in [-0.1, -0.05) is 12.2 Å². The predicted octanol–water partition coefficient (Wildman–Crippen LogP) is 1.43. The molecule has 1 aromatic heterocycles. The summed E-state index contributed by atoms with van der Waals surface area (Å²) in [6.07, 6.45) is 7.37. The molecule has 5 rings (SSSR count). The van der Waals surface area contributed by atoms with Gasteiger partial charge in [-0.25, -0.2) is 0 Å². The zero-order valence-corrected chi connectivity index (χ0v) is 12.1. The molecule has 1 saturated carbocycles. The molecule has 0 aromatic carbocycles. The molecule has 2 heterocycles. The highest BCUT2D eigenvalue weighted by atomic mass is 16.3. The minimum absolute atomic E-state index is 0.115. The van der Waals surface area contributed by atoms with Crippen LogP contribution < -0.4 is 5.43 Å². The second-order valence-electron chi connectivity index (χ2n) is 6.18. The lowest BCUT2D eigenvalue weighted by Crippen LogP contribution is -2.46. The van der Waals surface area contributed by atoms with E-state index in [2.05, 4.69) is 5.43 Å². The third kappa shape index (κ3) is 1.70. The van der Waals surface area contributed by atoms with E-state index in [0.29, 0.717) is 11.3 Å². The Kier molecular flexibility index (Phi) is 2.76. The van der Waals surface area contributed by atoms with Crippen molar-refractivity contribution in [2.24, 2.45) is 23.7 Å². The van der Waals surface area contributed by atoms with Crippen LogP contribution in [-0.4, -0.2) is 22.7 Å². The second-order valence-corrected chi connectivity index (χ2v) is 6.18. The third-order valence-corrected chi connectivity index (χ3v) is 5.08. The molecule has 4 atom stereocenters. The van der Waals surface area contributed by atoms with E-state index in [1.807, 2.05) is 12.2 Å². The molecule has 2 bridgehead atoms. The average Bonchev–Trinajstić information content (AvgIpc) is 3.07. The van der Waals surface area contributed by atoms with E-state index in [-0.39, 0.29) is 35.5 Å². The quantitative estimate of drug-likeness (QED) is 0.662. The molecule has 4 aliphatic rings. The maximum Gasteiger partial charge on any atom is 0.273 e. The van der Waals surface area contributed by atoms with Gasteiger partial charge in [-0.3, -0.25) is 19.8 Å². The average molecular weight is 300 g/mol. The molecule has 1 saturated heterocycles. The summed E-state index contributed by atoms with van der Waals surface area (Å²) < 4.78 is 5.08. The van der Waals surface area contributed by atoms with Crippen LogP contribution in [-0.2, 0) is 9.59 Å². The minimum Gasteiger partial charge on any atom is -0.469 e. The summed E-state index contributed by atoms with van der Waals surface area (Å²) in [5, 5.41) is 0.919. The van der Waals surface area contributed by atoms with Crippen LogP contribution in [0.3, 0.4) is 0 Å². The monoisotopic (exact) mass is 300 g/mol. The van der Waals surface area contributed by atoms with Gasteiger partial charge in [-0.05, 0) is 37.7 Å². The second kappa shape index (κ2) is 4.56. The van der Waals surface area contributed by atoms with Gasteiger partial charge in [0.25, 0.3) is 17.7 Å².